The van der Waals surface area contributed by atoms with Crippen molar-refractivity contribution in [3.05, 3.63) is 0 Å². The fourth-order valence-corrected chi connectivity index (χ4v) is 2.80. The third-order valence-electron chi connectivity index (χ3n) is 3.67. The van der Waals surface area contributed by atoms with Gasteiger partial charge in [-0.3, -0.25) is 4.79 Å². The van der Waals surface area contributed by atoms with E-state index in [1.807, 2.05) is 0 Å². The van der Waals surface area contributed by atoms with E-state index in [2.05, 4.69) is 50.4 Å². The van der Waals surface area contributed by atoms with E-state index in [4.69, 9.17) is 0 Å². The molecule has 0 spiro atoms. The van der Waals surface area contributed by atoms with Crippen molar-refractivity contribution in [2.45, 2.75) is 52.1 Å². The number of nitrogens with one attached hydrogen (secondary N) is 2. The molecule has 1 heterocycles. The first kappa shape index (κ1) is 16.4. The highest BCUT2D eigenvalue weighted by molar-refractivity contribution is 5.82. The van der Waals surface area contributed by atoms with Crippen LogP contribution >= 0.6 is 0 Å². The van der Waals surface area contributed by atoms with Crippen LogP contribution in [0.2, 0.25) is 0 Å². The zero-order chi connectivity index (χ0) is 14.4. The average Bonchev–Trinajstić information content (AvgIpc) is 2.26. The Morgan fingerprint density at radius 2 is 2.11 bits per heavy atom. The van der Waals surface area contributed by atoms with Gasteiger partial charge in [-0.05, 0) is 51.7 Å². The molecule has 2 N–H and O–H groups in total. The molecule has 3 unspecified atom stereocenters. The highest BCUT2D eigenvalue weighted by Crippen LogP contribution is 2.15. The molecule has 0 aromatic heterocycles. The van der Waals surface area contributed by atoms with Gasteiger partial charge in [0, 0.05) is 12.6 Å². The van der Waals surface area contributed by atoms with Crippen molar-refractivity contribution in [1.82, 2.24) is 15.5 Å². The smallest absolute Gasteiger partial charge is 0.237 e. The third-order valence-corrected chi connectivity index (χ3v) is 3.67. The number of amides is 1. The van der Waals surface area contributed by atoms with Crippen molar-refractivity contribution in [2.24, 2.45) is 11.8 Å². The van der Waals surface area contributed by atoms with Crippen LogP contribution in [-0.4, -0.2) is 50.1 Å². The number of piperidine rings is 1. The molecule has 0 aromatic rings. The van der Waals surface area contributed by atoms with E-state index >= 15 is 0 Å². The maximum absolute atomic E-state index is 12.3. The second-order valence-corrected chi connectivity index (χ2v) is 6.73. The van der Waals surface area contributed by atoms with Gasteiger partial charge in [-0.1, -0.05) is 20.8 Å². The zero-order valence-electron chi connectivity index (χ0n) is 13.2. The van der Waals surface area contributed by atoms with Crippen molar-refractivity contribution >= 4 is 5.91 Å². The van der Waals surface area contributed by atoms with Gasteiger partial charge < -0.3 is 15.5 Å². The van der Waals surface area contributed by atoms with Gasteiger partial charge in [-0.15, -0.1) is 0 Å². The van der Waals surface area contributed by atoms with Crippen molar-refractivity contribution in [1.29, 1.82) is 0 Å². The largest absolute Gasteiger partial charge is 0.351 e. The van der Waals surface area contributed by atoms with Crippen molar-refractivity contribution in [2.75, 3.05) is 27.2 Å². The molecule has 0 radical (unpaired) electrons. The standard InChI is InChI=1S/C15H31N3O/c1-11(2)8-13(10-18(4)5)17-15(19)14-9-12(3)6-7-16-14/h11-14,16H,6-10H2,1-5H3,(H,17,19). The fraction of sp³-hybridized carbons (Fsp3) is 0.933. The molecular weight excluding hydrogens is 238 g/mol. The molecule has 1 amide bonds. The number of rotatable bonds is 6. The Labute approximate surface area is 118 Å². The van der Waals surface area contributed by atoms with Gasteiger partial charge in [0.25, 0.3) is 0 Å². The average molecular weight is 269 g/mol. The molecule has 4 heteroatoms. The van der Waals surface area contributed by atoms with Crippen LogP contribution in [0, 0.1) is 11.8 Å². The first-order valence-electron chi connectivity index (χ1n) is 7.57. The lowest BCUT2D eigenvalue weighted by Crippen LogP contribution is -2.53. The predicted molar refractivity (Wildman–Crippen MR) is 80.1 cm³/mol. The Morgan fingerprint density at radius 3 is 2.63 bits per heavy atom. The Kier molecular flexibility index (Phi) is 6.80. The summed E-state index contributed by atoms with van der Waals surface area (Å²) in [4.78, 5) is 14.5. The van der Waals surface area contributed by atoms with Crippen molar-refractivity contribution < 1.29 is 4.79 Å². The second-order valence-electron chi connectivity index (χ2n) is 6.73. The van der Waals surface area contributed by atoms with E-state index in [1.54, 1.807) is 0 Å². The van der Waals surface area contributed by atoms with Crippen LogP contribution in [0.25, 0.3) is 0 Å². The van der Waals surface area contributed by atoms with Crippen LogP contribution in [0.3, 0.4) is 0 Å². The lowest BCUT2D eigenvalue weighted by atomic mass is 9.93. The van der Waals surface area contributed by atoms with Crippen molar-refractivity contribution in [3.63, 3.8) is 0 Å². The SMILES string of the molecule is CC(C)CC(CN(C)C)NC(=O)C1CC(C)CCN1. The Balaban J connectivity index is 2.49. The maximum Gasteiger partial charge on any atom is 0.237 e. The number of carbonyl (C=O) groups excluding carboxylic acids is 1. The van der Waals surface area contributed by atoms with Gasteiger partial charge in [-0.2, -0.15) is 0 Å². The predicted octanol–water partition coefficient (Wildman–Crippen LogP) is 1.47. The van der Waals surface area contributed by atoms with Crippen LogP contribution in [0.4, 0.5) is 0 Å². The number of hydrogen-bond donors (Lipinski definition) is 2. The molecule has 1 saturated heterocycles. The summed E-state index contributed by atoms with van der Waals surface area (Å²) < 4.78 is 0. The molecule has 1 aliphatic heterocycles. The summed E-state index contributed by atoms with van der Waals surface area (Å²) in [5.41, 5.74) is 0. The minimum atomic E-state index is 0.000532. The molecule has 19 heavy (non-hydrogen) atoms. The summed E-state index contributed by atoms with van der Waals surface area (Å²) in [6.07, 6.45) is 3.17. The van der Waals surface area contributed by atoms with Crippen LogP contribution in [0.1, 0.15) is 40.0 Å². The van der Waals surface area contributed by atoms with Crippen molar-refractivity contribution in [3.8, 4) is 0 Å². The van der Waals surface area contributed by atoms with E-state index in [-0.39, 0.29) is 18.0 Å². The third kappa shape index (κ3) is 6.39. The highest BCUT2D eigenvalue weighted by Gasteiger charge is 2.26. The van der Waals surface area contributed by atoms with E-state index in [1.165, 1.54) is 6.42 Å². The molecule has 1 fully saturated rings. The van der Waals surface area contributed by atoms with Crippen LogP contribution in [0.5, 0.6) is 0 Å². The van der Waals surface area contributed by atoms with E-state index in [0.29, 0.717) is 11.8 Å². The minimum absolute atomic E-state index is 0.000532. The fourth-order valence-electron chi connectivity index (χ4n) is 2.80. The molecule has 1 rings (SSSR count). The minimum Gasteiger partial charge on any atom is -0.351 e. The van der Waals surface area contributed by atoms with Crippen LogP contribution in [-0.2, 0) is 4.79 Å². The molecule has 1 aliphatic rings. The van der Waals surface area contributed by atoms with Crippen LogP contribution < -0.4 is 10.6 Å². The molecule has 0 aliphatic carbocycles. The number of carbonyl (C=O) groups is 1. The Bertz CT molecular complexity index is 269. The second kappa shape index (κ2) is 7.85. The monoisotopic (exact) mass is 269 g/mol. The topological polar surface area (TPSA) is 44.4 Å². The lowest BCUT2D eigenvalue weighted by molar-refractivity contribution is -0.124. The summed E-state index contributed by atoms with van der Waals surface area (Å²) in [5, 5.41) is 6.56. The molecule has 0 bridgehead atoms. The van der Waals surface area contributed by atoms with Gasteiger partial charge in [0.15, 0.2) is 0 Å². The molecule has 4 nitrogen and oxygen atoms in total. The van der Waals surface area contributed by atoms with Crippen LogP contribution in [0.15, 0.2) is 0 Å². The molecule has 0 saturated carbocycles. The number of likely N-dealkylation sites (N-methyl/N-ethyl adjacent to an activating group) is 1. The first-order valence-corrected chi connectivity index (χ1v) is 7.57. The van der Waals surface area contributed by atoms with Gasteiger partial charge in [0.05, 0.1) is 6.04 Å². The quantitative estimate of drug-likeness (QED) is 0.767. The summed E-state index contributed by atoms with van der Waals surface area (Å²) in [5.74, 6) is 1.43. The lowest BCUT2D eigenvalue weighted by Gasteiger charge is -2.30. The molecular formula is C15H31N3O. The molecule has 3 atom stereocenters. The summed E-state index contributed by atoms with van der Waals surface area (Å²) in [6, 6.07) is 0.252. The first-order chi connectivity index (χ1) is 8.88. The normalized spacial score (nSPS) is 25.6. The van der Waals surface area contributed by atoms with Gasteiger partial charge in [0.2, 0.25) is 5.91 Å². The van der Waals surface area contributed by atoms with E-state index in [0.717, 1.165) is 25.9 Å². The van der Waals surface area contributed by atoms with E-state index < -0.39 is 0 Å². The summed E-state index contributed by atoms with van der Waals surface area (Å²) in [6.45, 7) is 8.51. The maximum atomic E-state index is 12.3. The number of nitrogens with zero attached hydrogens (tertiary/aromatic N) is 1. The summed E-state index contributed by atoms with van der Waals surface area (Å²) >= 11 is 0. The molecule has 0 aromatic carbocycles. The Hall–Kier alpha value is -0.610. The molecule has 112 valence electrons. The van der Waals surface area contributed by atoms with Gasteiger partial charge in [-0.25, -0.2) is 0 Å². The van der Waals surface area contributed by atoms with Gasteiger partial charge >= 0.3 is 0 Å². The zero-order valence-corrected chi connectivity index (χ0v) is 13.2. The van der Waals surface area contributed by atoms with Gasteiger partial charge in [0.1, 0.15) is 0 Å². The highest BCUT2D eigenvalue weighted by atomic mass is 16.2. The van der Waals surface area contributed by atoms with E-state index in [9.17, 15) is 4.79 Å². The number of hydrogen-bond acceptors (Lipinski definition) is 3. The summed E-state index contributed by atoms with van der Waals surface area (Å²) in [7, 11) is 4.11. The Morgan fingerprint density at radius 1 is 1.42 bits per heavy atom.